The normalized spacial score (nSPS) is 10.3. The van der Waals surface area contributed by atoms with Gasteiger partial charge in [0.2, 0.25) is 0 Å². The summed E-state index contributed by atoms with van der Waals surface area (Å²) in [6.45, 7) is 11.7. The van der Waals surface area contributed by atoms with Gasteiger partial charge in [-0.2, -0.15) is 0 Å². The Morgan fingerprint density at radius 1 is 1.17 bits per heavy atom. The molecule has 0 spiro atoms. The highest BCUT2D eigenvalue weighted by Crippen LogP contribution is 2.22. The van der Waals surface area contributed by atoms with Crippen molar-refractivity contribution < 1.29 is 0 Å². The summed E-state index contributed by atoms with van der Waals surface area (Å²) in [6, 6.07) is 4.41. The van der Waals surface area contributed by atoms with Crippen molar-refractivity contribution >= 4 is 11.0 Å². The maximum Gasteiger partial charge on any atom is 0.140 e. The molecule has 2 aromatic rings. The topological polar surface area (TPSA) is 17.8 Å². The standard InChI is InChI=1S/C14H20N2.C2H6/c1-4-6-12-10-13-11(3)7-8-15-14(13)16(12)9-5-2;1-2/h7-8,10H,4-6,9H2,1-3H3;1-2H3. The van der Waals surface area contributed by atoms with Gasteiger partial charge >= 0.3 is 0 Å². The quantitative estimate of drug-likeness (QED) is 0.762. The first-order chi connectivity index (χ1) is 8.77. The average molecular weight is 246 g/mol. The zero-order valence-corrected chi connectivity index (χ0v) is 12.5. The minimum Gasteiger partial charge on any atom is -0.330 e. The molecule has 0 N–H and O–H groups in total. The second-order valence-corrected chi connectivity index (χ2v) is 4.40. The van der Waals surface area contributed by atoms with Crippen molar-refractivity contribution in [1.29, 1.82) is 0 Å². The van der Waals surface area contributed by atoms with E-state index in [4.69, 9.17) is 0 Å². The third kappa shape index (κ3) is 2.92. The molecule has 0 saturated heterocycles. The summed E-state index contributed by atoms with van der Waals surface area (Å²) in [5, 5.41) is 1.32. The Labute approximate surface area is 111 Å². The van der Waals surface area contributed by atoms with Gasteiger partial charge in [0.05, 0.1) is 0 Å². The van der Waals surface area contributed by atoms with E-state index in [9.17, 15) is 0 Å². The van der Waals surface area contributed by atoms with E-state index in [0.29, 0.717) is 0 Å². The van der Waals surface area contributed by atoms with Gasteiger partial charge in [0, 0.05) is 23.8 Å². The SMILES string of the molecule is CC.CCCc1cc2c(C)ccnc2n1CCC. The van der Waals surface area contributed by atoms with Gasteiger partial charge in [0.15, 0.2) is 0 Å². The molecular formula is C16H26N2. The summed E-state index contributed by atoms with van der Waals surface area (Å²) in [5.74, 6) is 0. The van der Waals surface area contributed by atoms with Crippen molar-refractivity contribution in [3.8, 4) is 0 Å². The Balaban J connectivity index is 0.000000771. The van der Waals surface area contributed by atoms with E-state index in [1.165, 1.54) is 23.1 Å². The van der Waals surface area contributed by atoms with Gasteiger partial charge < -0.3 is 4.57 Å². The molecule has 0 saturated carbocycles. The fourth-order valence-corrected chi connectivity index (χ4v) is 2.27. The first-order valence-electron chi connectivity index (χ1n) is 7.21. The van der Waals surface area contributed by atoms with Crippen LogP contribution in [0.3, 0.4) is 0 Å². The molecular weight excluding hydrogens is 220 g/mol. The predicted octanol–water partition coefficient (Wildman–Crippen LogP) is 4.73. The van der Waals surface area contributed by atoms with E-state index in [1.807, 2.05) is 20.0 Å². The second kappa shape index (κ2) is 7.20. The van der Waals surface area contributed by atoms with E-state index in [1.54, 1.807) is 0 Å². The van der Waals surface area contributed by atoms with Gasteiger partial charge in [0.25, 0.3) is 0 Å². The summed E-state index contributed by atoms with van der Waals surface area (Å²) in [5.41, 5.74) is 3.92. The first kappa shape index (κ1) is 14.7. The van der Waals surface area contributed by atoms with Crippen molar-refractivity contribution in [3.05, 3.63) is 29.6 Å². The molecule has 0 aliphatic carbocycles. The van der Waals surface area contributed by atoms with Crippen LogP contribution in [0.2, 0.25) is 0 Å². The zero-order valence-electron chi connectivity index (χ0n) is 12.5. The molecule has 0 amide bonds. The van der Waals surface area contributed by atoms with Crippen LogP contribution < -0.4 is 0 Å². The van der Waals surface area contributed by atoms with E-state index in [-0.39, 0.29) is 0 Å². The van der Waals surface area contributed by atoms with Gasteiger partial charge in [0.1, 0.15) is 5.65 Å². The fourth-order valence-electron chi connectivity index (χ4n) is 2.27. The maximum atomic E-state index is 4.53. The predicted molar refractivity (Wildman–Crippen MR) is 80.1 cm³/mol. The van der Waals surface area contributed by atoms with Gasteiger partial charge in [-0.15, -0.1) is 0 Å². The zero-order chi connectivity index (χ0) is 13.5. The Morgan fingerprint density at radius 3 is 2.50 bits per heavy atom. The largest absolute Gasteiger partial charge is 0.330 e. The van der Waals surface area contributed by atoms with Crippen LogP contribution in [0.25, 0.3) is 11.0 Å². The molecule has 2 aromatic heterocycles. The lowest BCUT2D eigenvalue weighted by molar-refractivity contribution is 0.655. The molecule has 0 bridgehead atoms. The summed E-state index contributed by atoms with van der Waals surface area (Å²) in [6.07, 6.45) is 5.42. The minimum absolute atomic E-state index is 1.08. The van der Waals surface area contributed by atoms with Crippen LogP contribution in [0.15, 0.2) is 18.3 Å². The highest BCUT2D eigenvalue weighted by molar-refractivity contribution is 5.81. The molecule has 2 heteroatoms. The number of hydrogen-bond donors (Lipinski definition) is 0. The third-order valence-electron chi connectivity index (χ3n) is 3.05. The van der Waals surface area contributed by atoms with Gasteiger partial charge in [-0.3, -0.25) is 0 Å². The molecule has 0 radical (unpaired) electrons. The molecule has 0 unspecified atom stereocenters. The van der Waals surface area contributed by atoms with Crippen LogP contribution in [0.5, 0.6) is 0 Å². The van der Waals surface area contributed by atoms with Crippen LogP contribution in [0, 0.1) is 6.92 Å². The molecule has 18 heavy (non-hydrogen) atoms. The lowest BCUT2D eigenvalue weighted by atomic mass is 10.2. The van der Waals surface area contributed by atoms with Crippen molar-refractivity contribution in [2.75, 3.05) is 0 Å². The second-order valence-electron chi connectivity index (χ2n) is 4.40. The van der Waals surface area contributed by atoms with Crippen LogP contribution in [-0.4, -0.2) is 9.55 Å². The third-order valence-corrected chi connectivity index (χ3v) is 3.05. The molecule has 0 aliphatic rings. The van der Waals surface area contributed by atoms with E-state index in [2.05, 4.69) is 42.5 Å². The minimum atomic E-state index is 1.08. The van der Waals surface area contributed by atoms with Crippen LogP contribution >= 0.6 is 0 Å². The van der Waals surface area contributed by atoms with E-state index in [0.717, 1.165) is 25.0 Å². The lowest BCUT2D eigenvalue weighted by Gasteiger charge is -2.07. The van der Waals surface area contributed by atoms with Crippen LogP contribution in [0.1, 0.15) is 51.8 Å². The monoisotopic (exact) mass is 246 g/mol. The van der Waals surface area contributed by atoms with Crippen LogP contribution in [-0.2, 0) is 13.0 Å². The molecule has 2 nitrogen and oxygen atoms in total. The number of aromatic nitrogens is 2. The van der Waals surface area contributed by atoms with Crippen molar-refractivity contribution in [2.24, 2.45) is 0 Å². The van der Waals surface area contributed by atoms with Gasteiger partial charge in [-0.1, -0.05) is 34.1 Å². The number of aryl methyl sites for hydroxylation is 3. The first-order valence-corrected chi connectivity index (χ1v) is 7.21. The summed E-state index contributed by atoms with van der Waals surface area (Å²) in [4.78, 5) is 4.53. The molecule has 0 atom stereocenters. The van der Waals surface area contributed by atoms with E-state index >= 15 is 0 Å². The maximum absolute atomic E-state index is 4.53. The lowest BCUT2D eigenvalue weighted by Crippen LogP contribution is -2.02. The summed E-state index contributed by atoms with van der Waals surface area (Å²) in [7, 11) is 0. The Morgan fingerprint density at radius 2 is 1.89 bits per heavy atom. The highest BCUT2D eigenvalue weighted by atomic mass is 15.0. The van der Waals surface area contributed by atoms with Gasteiger partial charge in [-0.05, 0) is 37.5 Å². The Bertz CT molecular complexity index is 483. The Hall–Kier alpha value is -1.31. The van der Waals surface area contributed by atoms with E-state index < -0.39 is 0 Å². The molecule has 100 valence electrons. The number of hydrogen-bond acceptors (Lipinski definition) is 1. The Kier molecular flexibility index (Phi) is 5.90. The molecule has 0 aliphatic heterocycles. The van der Waals surface area contributed by atoms with Crippen LogP contribution in [0.4, 0.5) is 0 Å². The molecule has 2 rings (SSSR count). The average Bonchev–Trinajstić information content (AvgIpc) is 2.73. The van der Waals surface area contributed by atoms with Crippen molar-refractivity contribution in [2.45, 2.75) is 60.4 Å². The summed E-state index contributed by atoms with van der Waals surface area (Å²) < 4.78 is 2.38. The smallest absolute Gasteiger partial charge is 0.140 e. The van der Waals surface area contributed by atoms with Crippen molar-refractivity contribution in [3.63, 3.8) is 0 Å². The highest BCUT2D eigenvalue weighted by Gasteiger charge is 2.09. The van der Waals surface area contributed by atoms with Gasteiger partial charge in [-0.25, -0.2) is 4.98 Å². The number of rotatable bonds is 4. The fraction of sp³-hybridized carbons (Fsp3) is 0.562. The molecule has 2 heterocycles. The number of pyridine rings is 1. The van der Waals surface area contributed by atoms with Crippen molar-refractivity contribution in [1.82, 2.24) is 9.55 Å². The molecule has 0 fully saturated rings. The summed E-state index contributed by atoms with van der Waals surface area (Å²) >= 11 is 0. The molecule has 0 aromatic carbocycles. The number of fused-ring (bicyclic) bond motifs is 1. The number of nitrogens with zero attached hydrogens (tertiary/aromatic N) is 2.